The lowest BCUT2D eigenvalue weighted by Gasteiger charge is -2.23. The lowest BCUT2D eigenvalue weighted by molar-refractivity contribution is -0.383. The summed E-state index contributed by atoms with van der Waals surface area (Å²) in [6.07, 6.45) is 6.77. The highest BCUT2D eigenvalue weighted by molar-refractivity contribution is 5.74. The van der Waals surface area contributed by atoms with Crippen molar-refractivity contribution in [2.75, 3.05) is 23.8 Å². The Hall–Kier alpha value is -3.10. The molecule has 2 aliphatic rings. The Bertz CT molecular complexity index is 838. The first-order valence-corrected chi connectivity index (χ1v) is 9.13. The number of benzene rings is 1. The largest absolute Gasteiger partial charge is 0.486 e. The second-order valence-corrected chi connectivity index (χ2v) is 6.64. The van der Waals surface area contributed by atoms with Gasteiger partial charge in [-0.15, -0.1) is 0 Å². The first kappa shape index (κ1) is 17.3. The molecule has 142 valence electrons. The summed E-state index contributed by atoms with van der Waals surface area (Å²) in [6.45, 7) is 0.979. The van der Waals surface area contributed by atoms with E-state index in [9.17, 15) is 10.1 Å². The van der Waals surface area contributed by atoms with Crippen LogP contribution in [0.15, 0.2) is 24.5 Å². The smallest absolute Gasteiger partial charge is 0.353 e. The second kappa shape index (κ2) is 7.65. The zero-order valence-corrected chi connectivity index (χ0v) is 14.8. The van der Waals surface area contributed by atoms with Gasteiger partial charge in [-0.3, -0.25) is 10.1 Å². The maximum atomic E-state index is 11.7. The predicted octanol–water partition coefficient (Wildman–Crippen LogP) is 3.64. The summed E-state index contributed by atoms with van der Waals surface area (Å²) >= 11 is 0. The Kier molecular flexibility index (Phi) is 4.91. The fraction of sp³-hybridized carbons (Fsp3) is 0.444. The van der Waals surface area contributed by atoms with Gasteiger partial charge in [0.15, 0.2) is 11.5 Å². The molecule has 2 N–H and O–H groups in total. The van der Waals surface area contributed by atoms with E-state index in [1.165, 1.54) is 12.7 Å². The summed E-state index contributed by atoms with van der Waals surface area (Å²) in [4.78, 5) is 19.5. The van der Waals surface area contributed by atoms with E-state index in [1.807, 2.05) is 0 Å². The molecule has 27 heavy (non-hydrogen) atoms. The number of nitrogens with zero attached hydrogens (tertiary/aromatic N) is 3. The zero-order valence-electron chi connectivity index (χ0n) is 14.8. The summed E-state index contributed by atoms with van der Waals surface area (Å²) in [6, 6.07) is 5.49. The lowest BCUT2D eigenvalue weighted by Crippen LogP contribution is -2.23. The maximum Gasteiger partial charge on any atom is 0.353 e. The van der Waals surface area contributed by atoms with Crippen LogP contribution in [0, 0.1) is 10.1 Å². The normalized spacial score (nSPS) is 16.6. The lowest BCUT2D eigenvalue weighted by atomic mass is 9.95. The third-order valence-corrected chi connectivity index (χ3v) is 4.76. The Labute approximate surface area is 156 Å². The van der Waals surface area contributed by atoms with Crippen molar-refractivity contribution >= 4 is 23.0 Å². The van der Waals surface area contributed by atoms with Gasteiger partial charge in [0.2, 0.25) is 11.6 Å². The minimum absolute atomic E-state index is 0.144. The van der Waals surface area contributed by atoms with Crippen molar-refractivity contribution in [3.63, 3.8) is 0 Å². The monoisotopic (exact) mass is 371 g/mol. The van der Waals surface area contributed by atoms with Crippen molar-refractivity contribution in [1.29, 1.82) is 0 Å². The van der Waals surface area contributed by atoms with E-state index in [1.54, 1.807) is 18.2 Å². The van der Waals surface area contributed by atoms with Gasteiger partial charge in [0.1, 0.15) is 19.5 Å². The van der Waals surface area contributed by atoms with Gasteiger partial charge in [0.25, 0.3) is 0 Å². The van der Waals surface area contributed by atoms with Crippen LogP contribution in [0.1, 0.15) is 32.1 Å². The number of hydrogen-bond donors (Lipinski definition) is 2. The summed E-state index contributed by atoms with van der Waals surface area (Å²) < 4.78 is 11.1. The first-order chi connectivity index (χ1) is 13.2. The molecule has 0 atom stereocenters. The number of ether oxygens (including phenoxy) is 2. The molecule has 1 fully saturated rings. The van der Waals surface area contributed by atoms with Crippen LogP contribution in [0.2, 0.25) is 0 Å². The molecule has 0 spiro atoms. The van der Waals surface area contributed by atoms with E-state index in [4.69, 9.17) is 9.47 Å². The third-order valence-electron chi connectivity index (χ3n) is 4.76. The van der Waals surface area contributed by atoms with Crippen LogP contribution in [0.25, 0.3) is 0 Å². The van der Waals surface area contributed by atoms with Gasteiger partial charge in [-0.2, -0.15) is 0 Å². The van der Waals surface area contributed by atoms with E-state index in [-0.39, 0.29) is 23.4 Å². The number of rotatable bonds is 5. The van der Waals surface area contributed by atoms with Gasteiger partial charge in [0, 0.05) is 17.8 Å². The van der Waals surface area contributed by atoms with Crippen molar-refractivity contribution in [1.82, 2.24) is 9.97 Å². The highest BCUT2D eigenvalue weighted by Gasteiger charge is 2.26. The van der Waals surface area contributed by atoms with Crippen molar-refractivity contribution in [2.24, 2.45) is 0 Å². The van der Waals surface area contributed by atoms with Gasteiger partial charge in [-0.25, -0.2) is 9.97 Å². The zero-order chi connectivity index (χ0) is 18.6. The van der Waals surface area contributed by atoms with E-state index in [2.05, 4.69) is 20.6 Å². The Balaban J connectivity index is 1.60. The molecule has 0 bridgehead atoms. The van der Waals surface area contributed by atoms with Gasteiger partial charge in [-0.1, -0.05) is 19.3 Å². The number of hydrogen-bond acceptors (Lipinski definition) is 8. The summed E-state index contributed by atoms with van der Waals surface area (Å²) in [5.41, 5.74) is 0.475. The van der Waals surface area contributed by atoms with Crippen molar-refractivity contribution < 1.29 is 14.4 Å². The van der Waals surface area contributed by atoms with Crippen LogP contribution in [-0.4, -0.2) is 34.1 Å². The quantitative estimate of drug-likeness (QED) is 0.605. The standard InChI is InChI=1S/C18H21N5O4/c24-23(25)16-17(21-12-4-2-1-3-5-12)19-11-20-18(16)22-13-6-7-14-15(10-13)27-9-8-26-14/h6-7,10-12H,1-5,8-9H2,(H2,19,20,21,22). The molecular formula is C18H21N5O4. The molecule has 4 rings (SSSR count). The summed E-state index contributed by atoms with van der Waals surface area (Å²) in [5.74, 6) is 1.65. The Morgan fingerprint density at radius 3 is 2.56 bits per heavy atom. The highest BCUT2D eigenvalue weighted by atomic mass is 16.6. The summed E-state index contributed by atoms with van der Waals surface area (Å²) in [5, 5.41) is 18.0. The minimum Gasteiger partial charge on any atom is -0.486 e. The molecule has 2 aromatic rings. The van der Waals surface area contributed by atoms with E-state index in [0.29, 0.717) is 30.4 Å². The van der Waals surface area contributed by atoms with Crippen LogP contribution < -0.4 is 20.1 Å². The Morgan fingerprint density at radius 1 is 1.04 bits per heavy atom. The molecule has 1 saturated carbocycles. The van der Waals surface area contributed by atoms with Crippen LogP contribution in [0.5, 0.6) is 11.5 Å². The number of nitro groups is 1. The van der Waals surface area contributed by atoms with Crippen LogP contribution in [0.3, 0.4) is 0 Å². The average Bonchev–Trinajstić information content (AvgIpc) is 2.68. The van der Waals surface area contributed by atoms with Crippen LogP contribution in [-0.2, 0) is 0 Å². The SMILES string of the molecule is O=[N+]([O-])c1c(Nc2ccc3c(c2)OCCO3)ncnc1NC1CCCCC1. The molecule has 0 amide bonds. The fourth-order valence-corrected chi connectivity index (χ4v) is 3.45. The highest BCUT2D eigenvalue weighted by Crippen LogP contribution is 2.36. The van der Waals surface area contributed by atoms with Crippen molar-refractivity contribution in [2.45, 2.75) is 38.1 Å². The molecular weight excluding hydrogens is 350 g/mol. The van der Waals surface area contributed by atoms with Gasteiger partial charge in [0.05, 0.1) is 4.92 Å². The third kappa shape index (κ3) is 3.86. The number of aromatic nitrogens is 2. The topological polar surface area (TPSA) is 111 Å². The molecule has 9 heteroatoms. The predicted molar refractivity (Wildman–Crippen MR) is 99.9 cm³/mol. The van der Waals surface area contributed by atoms with Gasteiger partial charge < -0.3 is 20.1 Å². The average molecular weight is 371 g/mol. The van der Waals surface area contributed by atoms with Crippen LogP contribution in [0.4, 0.5) is 23.0 Å². The number of fused-ring (bicyclic) bond motifs is 1. The molecule has 1 aromatic carbocycles. The number of anilines is 3. The summed E-state index contributed by atoms with van der Waals surface area (Å²) in [7, 11) is 0. The maximum absolute atomic E-state index is 11.7. The molecule has 0 saturated heterocycles. The molecule has 1 aliphatic carbocycles. The molecule has 1 aliphatic heterocycles. The second-order valence-electron chi connectivity index (χ2n) is 6.64. The fourth-order valence-electron chi connectivity index (χ4n) is 3.45. The van der Waals surface area contributed by atoms with E-state index in [0.717, 1.165) is 25.7 Å². The Morgan fingerprint density at radius 2 is 1.78 bits per heavy atom. The van der Waals surface area contributed by atoms with Crippen molar-refractivity contribution in [3.8, 4) is 11.5 Å². The van der Waals surface area contributed by atoms with Gasteiger partial charge >= 0.3 is 5.69 Å². The van der Waals surface area contributed by atoms with Crippen molar-refractivity contribution in [3.05, 3.63) is 34.6 Å². The molecule has 9 nitrogen and oxygen atoms in total. The minimum atomic E-state index is -0.453. The molecule has 2 heterocycles. The first-order valence-electron chi connectivity index (χ1n) is 9.13. The van der Waals surface area contributed by atoms with Gasteiger partial charge in [-0.05, 0) is 25.0 Å². The van der Waals surface area contributed by atoms with E-state index < -0.39 is 4.92 Å². The van der Waals surface area contributed by atoms with Crippen LogP contribution >= 0.6 is 0 Å². The molecule has 1 aromatic heterocycles. The molecule has 0 unspecified atom stereocenters. The number of nitrogens with one attached hydrogen (secondary N) is 2. The molecule has 0 radical (unpaired) electrons. The van der Waals surface area contributed by atoms with E-state index >= 15 is 0 Å².